The predicted octanol–water partition coefficient (Wildman–Crippen LogP) is 14.7. The number of benzene rings is 12. The summed E-state index contributed by atoms with van der Waals surface area (Å²) >= 11 is 3.82. The van der Waals surface area contributed by atoms with Crippen molar-refractivity contribution < 1.29 is 4.74 Å². The Bertz CT molecular complexity index is 5210. The molecule has 0 fully saturated rings. The first kappa shape index (κ1) is 47.9. The Labute approximate surface area is 512 Å². The Morgan fingerprint density at radius 2 is 0.609 bits per heavy atom. The lowest BCUT2D eigenvalue weighted by Crippen LogP contribution is -2.66. The average molecular weight is 1140 g/mol. The van der Waals surface area contributed by atoms with Gasteiger partial charge in [0, 0.05) is 109 Å². The van der Waals surface area contributed by atoms with Crippen molar-refractivity contribution in [3.63, 3.8) is 0 Å². The highest BCUT2D eigenvalue weighted by Gasteiger charge is 2.51. The third kappa shape index (κ3) is 6.56. The smallest absolute Gasteiger partial charge is 0.268 e. The van der Waals surface area contributed by atoms with Crippen LogP contribution in [0.3, 0.4) is 0 Å². The van der Waals surface area contributed by atoms with E-state index in [1.807, 2.05) is 22.7 Å². The molecule has 0 spiro atoms. The number of hydrogen-bond acceptors (Lipinski definition) is 8. The van der Waals surface area contributed by atoms with Crippen molar-refractivity contribution in [1.82, 2.24) is 0 Å². The summed E-state index contributed by atoms with van der Waals surface area (Å²) in [4.78, 5) is 12.7. The molecule has 0 saturated carbocycles. The fourth-order valence-corrected chi connectivity index (χ4v) is 18.2. The van der Waals surface area contributed by atoms with E-state index in [0.29, 0.717) is 0 Å². The largest absolute Gasteiger partial charge is 0.457 e. The molecule has 0 saturated heterocycles. The molecule has 6 aliphatic rings. The van der Waals surface area contributed by atoms with Crippen LogP contribution in [0.2, 0.25) is 0 Å². The van der Waals surface area contributed by atoms with Gasteiger partial charge in [0.25, 0.3) is 20.1 Å². The monoisotopic (exact) mass is 1140 g/mol. The molecule has 14 aromatic rings. The molecule has 0 atom stereocenters. The van der Waals surface area contributed by atoms with E-state index in [2.05, 4.69) is 304 Å². The first-order chi connectivity index (χ1) is 43.2. The third-order valence-electron chi connectivity index (χ3n) is 19.0. The number of anilines is 15. The van der Waals surface area contributed by atoms with Crippen LogP contribution in [0.4, 0.5) is 85.3 Å². The fraction of sp³-hybridized carbons (Fsp3) is 0. The summed E-state index contributed by atoms with van der Waals surface area (Å²) in [7, 11) is 0. The van der Waals surface area contributed by atoms with Gasteiger partial charge in [-0.3, -0.25) is 0 Å². The van der Waals surface area contributed by atoms with Crippen LogP contribution < -0.4 is 77.0 Å². The highest BCUT2D eigenvalue weighted by molar-refractivity contribution is 7.34. The number of rotatable bonds is 5. The topological polar surface area (TPSA) is 25.4 Å². The highest BCUT2D eigenvalue weighted by Crippen LogP contribution is 2.52. The maximum absolute atomic E-state index is 7.17. The minimum atomic E-state index is -0.187. The molecule has 6 aliphatic heterocycles. The van der Waals surface area contributed by atoms with Gasteiger partial charge in [0.15, 0.2) is 0 Å². The normalized spacial score (nSPS) is 14.1. The van der Waals surface area contributed by atoms with Crippen molar-refractivity contribution in [3.05, 3.63) is 279 Å². The van der Waals surface area contributed by atoms with E-state index in [0.717, 1.165) is 62.4 Å². The van der Waals surface area contributed by atoms with Crippen LogP contribution in [-0.4, -0.2) is 20.1 Å². The molecule has 402 valence electrons. The van der Waals surface area contributed by atoms with Gasteiger partial charge in [-0.2, -0.15) is 0 Å². The standard InChI is InChI=1S/C76H46B3N5OS2/c1-6-23-47(24-7-1)80-58-35-20-36-59-70(58)77(54-43-56-65(45-63(54)80)82(49-27-10-3-11-28-49)60-37-21-38-61-71(60)78(56)75-73(52-33-16-18-41-68(52)86-75)84(61)51-31-14-5-15-32-51)55-44-57-66(46-64(55)81(59)48-25-8-2-9-26-48)83(50-29-12-4-13-30-50)62-39-22-40-67-72(62)79(57)76-74(85-67)53-34-17-19-42-69(53)87-76/h1-46H. The molecule has 87 heavy (non-hydrogen) atoms. The van der Waals surface area contributed by atoms with E-state index < -0.39 is 0 Å². The van der Waals surface area contributed by atoms with Gasteiger partial charge >= 0.3 is 0 Å². The van der Waals surface area contributed by atoms with E-state index in [1.165, 1.54) is 102 Å². The second-order valence-electron chi connectivity index (χ2n) is 23.4. The number of fused-ring (bicyclic) bond motifs is 16. The molecule has 0 aliphatic carbocycles. The average Bonchev–Trinajstić information content (AvgIpc) is 1.56. The second kappa shape index (κ2) is 18.0. The predicted molar refractivity (Wildman–Crippen MR) is 371 cm³/mol. The first-order valence-electron chi connectivity index (χ1n) is 29.9. The van der Waals surface area contributed by atoms with Gasteiger partial charge in [0.05, 0.1) is 5.69 Å². The van der Waals surface area contributed by atoms with Crippen LogP contribution in [0.5, 0.6) is 11.5 Å². The zero-order valence-corrected chi connectivity index (χ0v) is 48.4. The van der Waals surface area contributed by atoms with Gasteiger partial charge < -0.3 is 29.2 Å². The minimum absolute atomic E-state index is 0.0824. The van der Waals surface area contributed by atoms with Gasteiger partial charge in [0.1, 0.15) is 11.5 Å². The molecule has 11 heteroatoms. The quantitative estimate of drug-likeness (QED) is 0.159. The van der Waals surface area contributed by atoms with Crippen molar-refractivity contribution in [1.29, 1.82) is 0 Å². The van der Waals surface area contributed by atoms with E-state index in [-0.39, 0.29) is 20.1 Å². The highest BCUT2D eigenvalue weighted by atomic mass is 32.1. The zero-order valence-electron chi connectivity index (χ0n) is 46.8. The van der Waals surface area contributed by atoms with Crippen molar-refractivity contribution in [3.8, 4) is 11.5 Å². The summed E-state index contributed by atoms with van der Waals surface area (Å²) in [5, 5.41) is 2.43. The molecule has 2 aromatic heterocycles. The summed E-state index contributed by atoms with van der Waals surface area (Å²) < 4.78 is 12.3. The second-order valence-corrected chi connectivity index (χ2v) is 25.6. The van der Waals surface area contributed by atoms with Crippen molar-refractivity contribution in [2.75, 3.05) is 24.5 Å². The Morgan fingerprint density at radius 1 is 0.264 bits per heavy atom. The Hall–Kier alpha value is -10.4. The van der Waals surface area contributed by atoms with Crippen LogP contribution in [0.25, 0.3) is 20.2 Å². The zero-order chi connectivity index (χ0) is 56.6. The summed E-state index contributed by atoms with van der Waals surface area (Å²) in [6.07, 6.45) is 0. The Morgan fingerprint density at radius 3 is 1.09 bits per heavy atom. The van der Waals surface area contributed by atoms with Gasteiger partial charge in [-0.15, -0.1) is 22.7 Å². The van der Waals surface area contributed by atoms with Crippen LogP contribution >= 0.6 is 22.7 Å². The van der Waals surface area contributed by atoms with E-state index in [1.54, 1.807) is 0 Å². The maximum Gasteiger partial charge on any atom is 0.268 e. The van der Waals surface area contributed by atoms with Crippen LogP contribution in [-0.2, 0) is 0 Å². The molecule has 6 nitrogen and oxygen atoms in total. The Balaban J connectivity index is 0.917. The van der Waals surface area contributed by atoms with Gasteiger partial charge in [-0.05, 0) is 166 Å². The molecule has 0 radical (unpaired) electrons. The van der Waals surface area contributed by atoms with E-state index in [9.17, 15) is 0 Å². The van der Waals surface area contributed by atoms with Crippen molar-refractivity contribution in [2.45, 2.75) is 0 Å². The first-order valence-corrected chi connectivity index (χ1v) is 31.6. The molecule has 0 unspecified atom stereocenters. The van der Waals surface area contributed by atoms with Crippen LogP contribution in [0.1, 0.15) is 0 Å². The number of para-hydroxylation sites is 5. The van der Waals surface area contributed by atoms with Crippen LogP contribution in [0, 0.1) is 0 Å². The fourth-order valence-electron chi connectivity index (χ4n) is 15.6. The number of nitrogens with zero attached hydrogens (tertiary/aromatic N) is 5. The van der Waals surface area contributed by atoms with E-state index >= 15 is 0 Å². The molecule has 0 amide bonds. The SMILES string of the molecule is c1ccc(N2c3cc4c(cc3B3c5sc6ccccc6c5Oc5cccc2c53)B2c3cc5c(cc3N(c3ccccc3)c3cccc(c32)N4c2ccccc2)N(c2ccccc2)c2cccc3c2B5c2sc4ccccc4c2N3c2ccccc2)cc1. The van der Waals surface area contributed by atoms with Gasteiger partial charge in [0.2, 0.25) is 0 Å². The lowest BCUT2D eigenvalue weighted by Gasteiger charge is -2.47. The molecule has 0 bridgehead atoms. The van der Waals surface area contributed by atoms with Crippen molar-refractivity contribution in [2.24, 2.45) is 0 Å². The lowest BCUT2D eigenvalue weighted by atomic mass is 9.30. The summed E-state index contributed by atoms with van der Waals surface area (Å²) in [6, 6.07) is 104. The molecule has 0 N–H and O–H groups in total. The number of ether oxygens (including phenoxy) is 1. The molecule has 12 aromatic carbocycles. The van der Waals surface area contributed by atoms with Crippen molar-refractivity contribution >= 4 is 196 Å². The summed E-state index contributed by atoms with van der Waals surface area (Å²) in [6.45, 7) is -0.364. The lowest BCUT2D eigenvalue weighted by molar-refractivity contribution is 0.494. The van der Waals surface area contributed by atoms with Crippen LogP contribution in [0.15, 0.2) is 279 Å². The molecular formula is C76H46B3N5OS2. The minimum Gasteiger partial charge on any atom is -0.457 e. The molecule has 20 rings (SSSR count). The maximum atomic E-state index is 7.17. The molecular weight excluding hydrogens is 1100 g/mol. The van der Waals surface area contributed by atoms with Gasteiger partial charge in [-0.1, -0.05) is 152 Å². The number of hydrogen-bond donors (Lipinski definition) is 0. The van der Waals surface area contributed by atoms with Gasteiger partial charge in [-0.25, -0.2) is 0 Å². The summed E-state index contributed by atoms with van der Waals surface area (Å²) in [5.41, 5.74) is 26.3. The Kier molecular flexibility index (Phi) is 9.93. The summed E-state index contributed by atoms with van der Waals surface area (Å²) in [5.74, 6) is 1.88. The molecule has 8 heterocycles. The number of thiophene rings is 2. The third-order valence-corrected chi connectivity index (χ3v) is 21.4. The van der Waals surface area contributed by atoms with E-state index in [4.69, 9.17) is 4.74 Å².